The predicted octanol–water partition coefficient (Wildman–Crippen LogP) is 5.83. The number of furan rings is 1. The van der Waals surface area contributed by atoms with Crippen molar-refractivity contribution in [2.24, 2.45) is 0 Å². The molecule has 0 aliphatic rings. The van der Waals surface area contributed by atoms with Crippen molar-refractivity contribution in [1.82, 2.24) is 19.5 Å². The van der Waals surface area contributed by atoms with Crippen LogP contribution in [0.3, 0.4) is 0 Å². The smallest absolute Gasteiger partial charge is 0.362 e. The Morgan fingerprint density at radius 3 is 2.79 bits per heavy atom. The molecule has 0 aliphatic heterocycles. The van der Waals surface area contributed by atoms with Gasteiger partial charge in [-0.2, -0.15) is 0 Å². The van der Waals surface area contributed by atoms with Gasteiger partial charge in [-0.05, 0) is 42.5 Å². The van der Waals surface area contributed by atoms with E-state index < -0.39 is 11.4 Å². The third kappa shape index (κ3) is 2.57. The van der Waals surface area contributed by atoms with Crippen LogP contribution < -0.4 is 5.63 Å². The molecule has 0 bridgehead atoms. The summed E-state index contributed by atoms with van der Waals surface area (Å²) in [6.45, 7) is 0.152. The molecule has 0 fully saturated rings. The monoisotopic (exact) mass is 470 g/mol. The lowest BCUT2D eigenvalue weighted by atomic mass is 10.1. The standard InChI is InChI=1S/C25H12ClFN4O3/c26-22-13(9-12-3-1-6-28-23(12)30-22)11-31-17-10-16(27)14-5-8-33-21(14)19(17)18-15-4-2-7-29-24(15)34-25(32)20(18)31/h1-10H,11H2. The van der Waals surface area contributed by atoms with Gasteiger partial charge in [-0.15, -0.1) is 0 Å². The van der Waals surface area contributed by atoms with E-state index in [1.807, 2.05) is 18.2 Å². The van der Waals surface area contributed by atoms with Gasteiger partial charge in [0.15, 0.2) is 5.65 Å². The molecule has 0 spiro atoms. The molecule has 0 saturated carbocycles. The van der Waals surface area contributed by atoms with E-state index in [0.717, 1.165) is 5.39 Å². The molecule has 34 heavy (non-hydrogen) atoms. The van der Waals surface area contributed by atoms with Gasteiger partial charge in [-0.1, -0.05) is 11.6 Å². The molecular weight excluding hydrogens is 459 g/mol. The summed E-state index contributed by atoms with van der Waals surface area (Å²) in [4.78, 5) is 26.0. The number of aromatic nitrogens is 4. The summed E-state index contributed by atoms with van der Waals surface area (Å²) in [5.74, 6) is -0.459. The Labute approximate surface area is 194 Å². The number of halogens is 2. The summed E-state index contributed by atoms with van der Waals surface area (Å²) in [5.41, 5.74) is 1.84. The van der Waals surface area contributed by atoms with E-state index in [4.69, 9.17) is 20.4 Å². The zero-order chi connectivity index (χ0) is 23.0. The van der Waals surface area contributed by atoms with Crippen molar-refractivity contribution in [3.63, 3.8) is 0 Å². The van der Waals surface area contributed by atoms with Crippen LogP contribution in [0.15, 0.2) is 74.8 Å². The Morgan fingerprint density at radius 2 is 1.88 bits per heavy atom. The van der Waals surface area contributed by atoms with Gasteiger partial charge < -0.3 is 13.4 Å². The van der Waals surface area contributed by atoms with Crippen LogP contribution in [0, 0.1) is 5.82 Å². The summed E-state index contributed by atoms with van der Waals surface area (Å²) in [6.07, 6.45) is 4.62. The highest BCUT2D eigenvalue weighted by Gasteiger charge is 2.24. The zero-order valence-corrected chi connectivity index (χ0v) is 18.0. The van der Waals surface area contributed by atoms with Gasteiger partial charge in [-0.25, -0.2) is 24.1 Å². The molecule has 0 amide bonds. The molecule has 9 heteroatoms. The van der Waals surface area contributed by atoms with Crippen molar-refractivity contribution in [3.05, 3.63) is 88.1 Å². The van der Waals surface area contributed by atoms with Crippen molar-refractivity contribution < 1.29 is 13.2 Å². The molecule has 0 unspecified atom stereocenters. The maximum Gasteiger partial charge on any atom is 0.362 e. The molecule has 7 rings (SSSR count). The minimum absolute atomic E-state index is 0.152. The maximum atomic E-state index is 15.1. The number of hydrogen-bond acceptors (Lipinski definition) is 6. The number of hydrogen-bond donors (Lipinski definition) is 0. The average Bonchev–Trinajstić information content (AvgIpc) is 3.44. The van der Waals surface area contributed by atoms with E-state index in [9.17, 15) is 4.79 Å². The average molecular weight is 471 g/mol. The van der Waals surface area contributed by atoms with Gasteiger partial charge in [-0.3, -0.25) is 0 Å². The van der Waals surface area contributed by atoms with Crippen LogP contribution in [0.2, 0.25) is 5.15 Å². The van der Waals surface area contributed by atoms with Crippen LogP contribution >= 0.6 is 11.6 Å². The molecule has 1 aromatic carbocycles. The van der Waals surface area contributed by atoms with Gasteiger partial charge in [0.1, 0.15) is 22.1 Å². The predicted molar refractivity (Wildman–Crippen MR) is 127 cm³/mol. The second-order valence-corrected chi connectivity index (χ2v) is 8.32. The molecule has 6 aromatic heterocycles. The first-order chi connectivity index (χ1) is 16.6. The largest absolute Gasteiger partial charge is 0.463 e. The van der Waals surface area contributed by atoms with E-state index >= 15 is 4.39 Å². The second-order valence-electron chi connectivity index (χ2n) is 7.96. The zero-order valence-electron chi connectivity index (χ0n) is 17.3. The van der Waals surface area contributed by atoms with Crippen LogP contribution in [-0.2, 0) is 6.54 Å². The Balaban J connectivity index is 1.65. The minimum atomic E-state index is -0.593. The van der Waals surface area contributed by atoms with Gasteiger partial charge in [0.25, 0.3) is 0 Å². The molecule has 6 heterocycles. The summed E-state index contributed by atoms with van der Waals surface area (Å²) >= 11 is 6.50. The lowest BCUT2D eigenvalue weighted by Gasteiger charge is -2.10. The molecule has 7 nitrogen and oxygen atoms in total. The van der Waals surface area contributed by atoms with Crippen LogP contribution in [-0.4, -0.2) is 19.5 Å². The third-order valence-electron chi connectivity index (χ3n) is 6.08. The van der Waals surface area contributed by atoms with E-state index in [-0.39, 0.29) is 22.9 Å². The Morgan fingerprint density at radius 1 is 1.03 bits per heavy atom. The highest BCUT2D eigenvalue weighted by atomic mass is 35.5. The van der Waals surface area contributed by atoms with Crippen molar-refractivity contribution in [2.45, 2.75) is 6.54 Å². The first-order valence-corrected chi connectivity index (χ1v) is 10.8. The molecule has 0 radical (unpaired) electrons. The summed E-state index contributed by atoms with van der Waals surface area (Å²) in [7, 11) is 0. The molecule has 0 aliphatic carbocycles. The number of rotatable bonds is 2. The minimum Gasteiger partial charge on any atom is -0.463 e. The number of fused-ring (bicyclic) bond motifs is 8. The van der Waals surface area contributed by atoms with E-state index in [0.29, 0.717) is 43.9 Å². The van der Waals surface area contributed by atoms with Gasteiger partial charge in [0.05, 0.1) is 29.1 Å². The van der Waals surface area contributed by atoms with Crippen molar-refractivity contribution in [2.75, 3.05) is 0 Å². The Kier molecular flexibility index (Phi) is 3.87. The van der Waals surface area contributed by atoms with Gasteiger partial charge >= 0.3 is 5.63 Å². The van der Waals surface area contributed by atoms with Gasteiger partial charge in [0.2, 0.25) is 5.71 Å². The van der Waals surface area contributed by atoms with Crippen LogP contribution in [0.4, 0.5) is 4.39 Å². The van der Waals surface area contributed by atoms with Crippen LogP contribution in [0.5, 0.6) is 0 Å². The quantitative estimate of drug-likeness (QED) is 0.296. The molecule has 0 saturated heterocycles. The number of benzene rings is 1. The van der Waals surface area contributed by atoms with E-state index in [1.165, 1.54) is 12.3 Å². The van der Waals surface area contributed by atoms with Crippen LogP contribution in [0.1, 0.15) is 5.56 Å². The highest BCUT2D eigenvalue weighted by molar-refractivity contribution is 6.30. The molecule has 7 aromatic rings. The molecule has 0 N–H and O–H groups in total. The molecule has 0 atom stereocenters. The summed E-state index contributed by atoms with van der Waals surface area (Å²) in [6, 6.07) is 12.1. The fourth-order valence-corrected chi connectivity index (χ4v) is 4.85. The lowest BCUT2D eigenvalue weighted by molar-refractivity contribution is 0.553. The summed E-state index contributed by atoms with van der Waals surface area (Å²) < 4.78 is 28.0. The molecule has 164 valence electrons. The third-order valence-corrected chi connectivity index (χ3v) is 6.41. The van der Waals surface area contributed by atoms with E-state index in [1.54, 1.807) is 35.2 Å². The van der Waals surface area contributed by atoms with E-state index in [2.05, 4.69) is 15.0 Å². The van der Waals surface area contributed by atoms with Crippen molar-refractivity contribution >= 4 is 66.5 Å². The fourth-order valence-electron chi connectivity index (χ4n) is 4.65. The summed E-state index contributed by atoms with van der Waals surface area (Å²) in [5, 5.41) is 3.18. The van der Waals surface area contributed by atoms with Crippen molar-refractivity contribution in [3.8, 4) is 0 Å². The maximum absolute atomic E-state index is 15.1. The second kappa shape index (κ2) is 6.85. The normalized spacial score (nSPS) is 12.1. The number of pyridine rings is 3. The fraction of sp³-hybridized carbons (Fsp3) is 0.0400. The Bertz CT molecular complexity index is 2010. The van der Waals surface area contributed by atoms with Crippen LogP contribution in [0.25, 0.3) is 54.9 Å². The number of nitrogens with zero attached hydrogens (tertiary/aromatic N) is 4. The highest BCUT2D eigenvalue weighted by Crippen LogP contribution is 2.39. The Hall–Kier alpha value is -4.30. The first-order valence-electron chi connectivity index (χ1n) is 10.4. The first kappa shape index (κ1) is 19.2. The SMILES string of the molecule is O=c1oc2ncccc2c2c3c4occc4c(F)cc3n(Cc3cc4cccnc4nc3Cl)c12. The van der Waals surface area contributed by atoms with Gasteiger partial charge in [0, 0.05) is 34.1 Å². The lowest BCUT2D eigenvalue weighted by Crippen LogP contribution is -2.09. The topological polar surface area (TPSA) is 87.0 Å². The molecular formula is C25H12ClFN4O3. The van der Waals surface area contributed by atoms with Crippen molar-refractivity contribution in [1.29, 1.82) is 0 Å².